The molecular formula is C21H20N2O3S. The average molecular weight is 380 g/mol. The molecule has 5 nitrogen and oxygen atoms in total. The normalized spacial score (nSPS) is 10.5. The number of hydrogen-bond donors (Lipinski definition) is 1. The summed E-state index contributed by atoms with van der Waals surface area (Å²) < 4.78 is 5.92. The number of thiazole rings is 1. The van der Waals surface area contributed by atoms with E-state index in [4.69, 9.17) is 4.74 Å². The van der Waals surface area contributed by atoms with Crippen LogP contribution in [-0.4, -0.2) is 23.7 Å². The summed E-state index contributed by atoms with van der Waals surface area (Å²) in [6.45, 7) is 4.07. The van der Waals surface area contributed by atoms with E-state index >= 15 is 0 Å². The van der Waals surface area contributed by atoms with Gasteiger partial charge in [0.25, 0.3) is 11.7 Å². The first kappa shape index (κ1) is 18.8. The van der Waals surface area contributed by atoms with Crippen LogP contribution < -0.4 is 10.1 Å². The van der Waals surface area contributed by atoms with E-state index in [0.717, 1.165) is 22.4 Å². The third-order valence-corrected chi connectivity index (χ3v) is 5.21. The van der Waals surface area contributed by atoms with Crippen molar-refractivity contribution < 1.29 is 14.3 Å². The molecular weight excluding hydrogens is 360 g/mol. The number of hydrogen-bond acceptors (Lipinski definition) is 5. The molecule has 1 heterocycles. The van der Waals surface area contributed by atoms with Gasteiger partial charge in [-0.1, -0.05) is 42.5 Å². The molecule has 27 heavy (non-hydrogen) atoms. The summed E-state index contributed by atoms with van der Waals surface area (Å²) in [5.41, 5.74) is 3.44. The van der Waals surface area contributed by atoms with Crippen molar-refractivity contribution in [2.24, 2.45) is 0 Å². The number of benzene rings is 2. The minimum absolute atomic E-state index is 0.117. The molecule has 1 aromatic heterocycles. The quantitative estimate of drug-likeness (QED) is 0.520. The summed E-state index contributed by atoms with van der Waals surface area (Å²) >= 11 is 1.21. The maximum absolute atomic E-state index is 12.5. The third-order valence-electron chi connectivity index (χ3n) is 4.07. The van der Waals surface area contributed by atoms with Gasteiger partial charge in [0.2, 0.25) is 0 Å². The number of amides is 1. The number of Topliss-reactive ketones (excluding diaryl/α,β-unsaturated/α-hetero) is 1. The Kier molecular flexibility index (Phi) is 5.66. The van der Waals surface area contributed by atoms with Crippen molar-refractivity contribution in [2.75, 3.05) is 7.05 Å². The van der Waals surface area contributed by atoms with Crippen LogP contribution in [0.15, 0.2) is 48.5 Å². The highest BCUT2D eigenvalue weighted by molar-refractivity contribution is 7.17. The zero-order chi connectivity index (χ0) is 19.4. The van der Waals surface area contributed by atoms with E-state index in [9.17, 15) is 9.59 Å². The molecule has 0 aliphatic carbocycles. The van der Waals surface area contributed by atoms with Gasteiger partial charge >= 0.3 is 0 Å². The molecule has 138 valence electrons. The first-order valence-corrected chi connectivity index (χ1v) is 9.33. The zero-order valence-corrected chi connectivity index (χ0v) is 16.2. The Bertz CT molecular complexity index is 980. The van der Waals surface area contributed by atoms with Gasteiger partial charge in [-0.3, -0.25) is 9.59 Å². The van der Waals surface area contributed by atoms with Gasteiger partial charge < -0.3 is 10.1 Å². The number of carbonyl (C=O) groups is 2. The number of ketones is 1. The van der Waals surface area contributed by atoms with Gasteiger partial charge in [0.1, 0.15) is 27.9 Å². The van der Waals surface area contributed by atoms with Gasteiger partial charge in [0.15, 0.2) is 0 Å². The molecule has 3 aromatic rings. The number of nitrogens with one attached hydrogen (secondary N) is 1. The van der Waals surface area contributed by atoms with Crippen LogP contribution >= 0.6 is 11.3 Å². The fourth-order valence-corrected chi connectivity index (χ4v) is 3.57. The molecule has 0 fully saturated rings. The molecule has 3 rings (SSSR count). The van der Waals surface area contributed by atoms with Gasteiger partial charge in [0.05, 0.1) is 0 Å². The molecule has 0 bridgehead atoms. The second-order valence-corrected chi connectivity index (χ2v) is 7.13. The van der Waals surface area contributed by atoms with Gasteiger partial charge in [-0.25, -0.2) is 4.98 Å². The van der Waals surface area contributed by atoms with Crippen LogP contribution in [0.1, 0.15) is 26.5 Å². The highest BCUT2D eigenvalue weighted by atomic mass is 32.1. The van der Waals surface area contributed by atoms with Crippen molar-refractivity contribution in [3.8, 4) is 16.3 Å². The van der Waals surface area contributed by atoms with E-state index in [2.05, 4.69) is 10.3 Å². The summed E-state index contributed by atoms with van der Waals surface area (Å²) in [7, 11) is 1.44. The Hall–Kier alpha value is -2.99. The smallest absolute Gasteiger partial charge is 0.293 e. The molecule has 0 unspecified atom stereocenters. The number of nitrogens with zero attached hydrogens (tertiary/aromatic N) is 1. The molecule has 0 saturated carbocycles. The zero-order valence-electron chi connectivity index (χ0n) is 15.4. The van der Waals surface area contributed by atoms with E-state index < -0.39 is 11.7 Å². The maximum atomic E-state index is 12.5. The van der Waals surface area contributed by atoms with Crippen molar-refractivity contribution in [2.45, 2.75) is 20.5 Å². The highest BCUT2D eigenvalue weighted by Gasteiger charge is 2.24. The second-order valence-electron chi connectivity index (χ2n) is 6.13. The number of ether oxygens (including phenoxy) is 1. The Morgan fingerprint density at radius 3 is 2.56 bits per heavy atom. The maximum Gasteiger partial charge on any atom is 0.293 e. The van der Waals surface area contributed by atoms with Gasteiger partial charge in [0, 0.05) is 12.6 Å². The lowest BCUT2D eigenvalue weighted by Gasteiger charge is -2.09. The largest absolute Gasteiger partial charge is 0.487 e. The summed E-state index contributed by atoms with van der Waals surface area (Å²) in [6.07, 6.45) is 0. The first-order valence-electron chi connectivity index (χ1n) is 8.51. The average Bonchev–Trinajstić information content (AvgIpc) is 3.12. The van der Waals surface area contributed by atoms with Crippen LogP contribution in [-0.2, 0) is 11.4 Å². The summed E-state index contributed by atoms with van der Waals surface area (Å²) in [5, 5.41) is 3.06. The highest BCUT2D eigenvalue weighted by Crippen LogP contribution is 2.30. The molecule has 0 saturated heterocycles. The fraction of sp³-hybridized carbons (Fsp3) is 0.190. The first-order chi connectivity index (χ1) is 13.0. The number of likely N-dealkylation sites (N-methyl/N-ethyl adjacent to an activating group) is 1. The Morgan fingerprint density at radius 2 is 1.85 bits per heavy atom. The van der Waals surface area contributed by atoms with E-state index in [-0.39, 0.29) is 6.61 Å². The molecule has 0 aliphatic heterocycles. The van der Waals surface area contributed by atoms with E-state index in [1.54, 1.807) is 0 Å². The van der Waals surface area contributed by atoms with Crippen molar-refractivity contribution in [1.29, 1.82) is 0 Å². The Morgan fingerprint density at radius 1 is 1.11 bits per heavy atom. The van der Waals surface area contributed by atoms with Crippen LogP contribution in [0.3, 0.4) is 0 Å². The van der Waals surface area contributed by atoms with Crippen LogP contribution in [0.25, 0.3) is 10.6 Å². The molecule has 0 atom stereocenters. The summed E-state index contributed by atoms with van der Waals surface area (Å²) in [5.74, 6) is -0.523. The number of aromatic nitrogens is 1. The van der Waals surface area contributed by atoms with Crippen molar-refractivity contribution in [3.05, 3.63) is 70.2 Å². The number of aryl methyl sites for hydroxylation is 2. The molecule has 0 radical (unpaired) electrons. The number of rotatable bonds is 6. The second kappa shape index (κ2) is 8.14. The molecule has 0 aliphatic rings. The lowest BCUT2D eigenvalue weighted by atomic mass is 10.1. The van der Waals surface area contributed by atoms with Crippen LogP contribution in [0.2, 0.25) is 0 Å². The van der Waals surface area contributed by atoms with Gasteiger partial charge in [-0.15, -0.1) is 11.3 Å². The van der Waals surface area contributed by atoms with E-state index in [1.807, 2.05) is 62.4 Å². The summed E-state index contributed by atoms with van der Waals surface area (Å²) in [6, 6.07) is 15.5. The van der Waals surface area contributed by atoms with Crippen LogP contribution in [0, 0.1) is 13.8 Å². The van der Waals surface area contributed by atoms with Crippen molar-refractivity contribution in [3.63, 3.8) is 0 Å². The predicted octanol–water partition coefficient (Wildman–Crippen LogP) is 3.93. The molecule has 0 spiro atoms. The van der Waals surface area contributed by atoms with Crippen molar-refractivity contribution in [1.82, 2.24) is 10.3 Å². The molecule has 1 amide bonds. The minimum Gasteiger partial charge on any atom is -0.487 e. The number of carbonyl (C=O) groups excluding carboxylic acids is 2. The van der Waals surface area contributed by atoms with Gasteiger partial charge in [-0.05, 0) is 31.0 Å². The fourth-order valence-electron chi connectivity index (χ4n) is 2.56. The molecule has 2 aromatic carbocycles. The van der Waals surface area contributed by atoms with E-state index in [0.29, 0.717) is 15.6 Å². The lowest BCUT2D eigenvalue weighted by Crippen LogP contribution is -2.27. The topological polar surface area (TPSA) is 68.3 Å². The Labute approximate surface area is 162 Å². The lowest BCUT2D eigenvalue weighted by molar-refractivity contribution is -0.116. The minimum atomic E-state index is -0.661. The molecule has 6 heteroatoms. The standard InChI is InChI=1S/C21H20N2O3S/c1-13-9-10-14(2)17(11-13)26-12-16-19(18(24)20(25)22-3)27-21(23-16)15-7-5-4-6-8-15/h4-11H,12H2,1-3H3,(H,22,25). The Balaban J connectivity index is 1.94. The SMILES string of the molecule is CNC(=O)C(=O)c1sc(-c2ccccc2)nc1COc1cc(C)ccc1C. The third kappa shape index (κ3) is 4.23. The van der Waals surface area contributed by atoms with Crippen LogP contribution in [0.5, 0.6) is 5.75 Å². The predicted molar refractivity (Wildman–Crippen MR) is 106 cm³/mol. The monoisotopic (exact) mass is 380 g/mol. The van der Waals surface area contributed by atoms with Gasteiger partial charge in [-0.2, -0.15) is 0 Å². The van der Waals surface area contributed by atoms with Crippen molar-refractivity contribution >= 4 is 23.0 Å². The summed E-state index contributed by atoms with van der Waals surface area (Å²) in [4.78, 5) is 29.2. The van der Waals surface area contributed by atoms with Crippen LogP contribution in [0.4, 0.5) is 0 Å². The molecule has 1 N–H and O–H groups in total. The van der Waals surface area contributed by atoms with E-state index in [1.165, 1.54) is 18.4 Å².